The van der Waals surface area contributed by atoms with Crippen LogP contribution in [0.3, 0.4) is 0 Å². The van der Waals surface area contributed by atoms with Gasteiger partial charge in [-0.1, -0.05) is 22.0 Å². The molecule has 0 fully saturated rings. The average molecular weight is 265 g/mol. The molecule has 0 aromatic carbocycles. The Hall–Kier alpha value is -0.710. The summed E-state index contributed by atoms with van der Waals surface area (Å²) in [6.07, 6.45) is -0.742. The van der Waals surface area contributed by atoms with Crippen LogP contribution in [0.25, 0.3) is 0 Å². The zero-order valence-corrected chi connectivity index (χ0v) is 9.34. The third kappa shape index (κ3) is 2.90. The van der Waals surface area contributed by atoms with E-state index in [1.165, 1.54) is 4.90 Å². The number of anilines is 1. The Morgan fingerprint density at radius 1 is 1.57 bits per heavy atom. The minimum Gasteiger partial charge on any atom is -0.354 e. The highest BCUT2D eigenvalue weighted by Crippen LogP contribution is 2.18. The van der Waals surface area contributed by atoms with Gasteiger partial charge in [0, 0.05) is 24.1 Å². The van der Waals surface area contributed by atoms with Gasteiger partial charge in [0.25, 0.3) is 6.43 Å². The van der Waals surface area contributed by atoms with E-state index < -0.39 is 6.43 Å². The van der Waals surface area contributed by atoms with Crippen LogP contribution in [0.4, 0.5) is 14.6 Å². The number of pyridine rings is 1. The normalized spacial score (nSPS) is 10.6. The maximum absolute atomic E-state index is 12.1. The standard InChI is InChI=1S/C9H11BrF2N2/c1-14(6-8(11)12)9-7(5-10)3-2-4-13-9/h2-4,8H,5-6H2,1H3. The topological polar surface area (TPSA) is 16.1 Å². The molecule has 0 spiro atoms. The highest BCUT2D eigenvalue weighted by molar-refractivity contribution is 9.08. The molecule has 14 heavy (non-hydrogen) atoms. The van der Waals surface area contributed by atoms with Crippen molar-refractivity contribution in [1.82, 2.24) is 4.98 Å². The Morgan fingerprint density at radius 2 is 2.29 bits per heavy atom. The van der Waals surface area contributed by atoms with Crippen LogP contribution in [0, 0.1) is 0 Å². The van der Waals surface area contributed by atoms with Gasteiger partial charge in [-0.25, -0.2) is 13.8 Å². The Kier molecular flexibility index (Phi) is 4.25. The first-order valence-corrected chi connectivity index (χ1v) is 5.26. The number of alkyl halides is 3. The second kappa shape index (κ2) is 5.24. The summed E-state index contributed by atoms with van der Waals surface area (Å²) in [5.74, 6) is 0.602. The minimum atomic E-state index is -2.34. The molecule has 0 amide bonds. The molecule has 0 bridgehead atoms. The van der Waals surface area contributed by atoms with Gasteiger partial charge in [0.1, 0.15) is 5.82 Å². The fraction of sp³-hybridized carbons (Fsp3) is 0.444. The van der Waals surface area contributed by atoms with Crippen molar-refractivity contribution in [2.75, 3.05) is 18.5 Å². The summed E-state index contributed by atoms with van der Waals surface area (Å²) >= 11 is 3.29. The van der Waals surface area contributed by atoms with Crippen molar-refractivity contribution in [1.29, 1.82) is 0 Å². The van der Waals surface area contributed by atoms with E-state index in [2.05, 4.69) is 20.9 Å². The molecule has 1 rings (SSSR count). The maximum Gasteiger partial charge on any atom is 0.255 e. The molecule has 78 valence electrons. The van der Waals surface area contributed by atoms with Crippen molar-refractivity contribution in [3.63, 3.8) is 0 Å². The SMILES string of the molecule is CN(CC(F)F)c1ncccc1CBr. The smallest absolute Gasteiger partial charge is 0.255 e. The first-order chi connectivity index (χ1) is 6.65. The van der Waals surface area contributed by atoms with Crippen molar-refractivity contribution in [2.45, 2.75) is 11.8 Å². The molecule has 0 aliphatic heterocycles. The average Bonchev–Trinajstić information content (AvgIpc) is 2.16. The molecule has 1 aromatic rings. The monoisotopic (exact) mass is 264 g/mol. The number of hydrogen-bond donors (Lipinski definition) is 0. The molecular weight excluding hydrogens is 254 g/mol. The largest absolute Gasteiger partial charge is 0.354 e. The lowest BCUT2D eigenvalue weighted by Crippen LogP contribution is -2.25. The number of aromatic nitrogens is 1. The van der Waals surface area contributed by atoms with E-state index in [1.54, 1.807) is 19.3 Å². The lowest BCUT2D eigenvalue weighted by molar-refractivity contribution is 0.156. The zero-order valence-electron chi connectivity index (χ0n) is 7.75. The molecule has 0 N–H and O–H groups in total. The van der Waals surface area contributed by atoms with Crippen LogP contribution in [0.1, 0.15) is 5.56 Å². The first kappa shape index (κ1) is 11.4. The second-order valence-corrected chi connectivity index (χ2v) is 3.45. The Morgan fingerprint density at radius 3 is 2.86 bits per heavy atom. The van der Waals surface area contributed by atoms with Crippen LogP contribution in [0.5, 0.6) is 0 Å². The molecule has 0 aliphatic rings. The lowest BCUT2D eigenvalue weighted by atomic mass is 10.3. The number of nitrogens with zero attached hydrogens (tertiary/aromatic N) is 2. The Labute approximate surface area is 90.1 Å². The van der Waals surface area contributed by atoms with E-state index in [1.807, 2.05) is 6.07 Å². The summed E-state index contributed by atoms with van der Waals surface area (Å²) < 4.78 is 24.3. The predicted octanol–water partition coefficient (Wildman–Crippen LogP) is 2.68. The van der Waals surface area contributed by atoms with Crippen LogP contribution in [0.2, 0.25) is 0 Å². The molecule has 2 nitrogen and oxygen atoms in total. The van der Waals surface area contributed by atoms with E-state index in [0.29, 0.717) is 11.1 Å². The van der Waals surface area contributed by atoms with Crippen molar-refractivity contribution < 1.29 is 8.78 Å². The third-order valence-corrected chi connectivity index (χ3v) is 2.39. The highest BCUT2D eigenvalue weighted by atomic mass is 79.9. The van der Waals surface area contributed by atoms with Crippen molar-refractivity contribution in [3.05, 3.63) is 23.9 Å². The van der Waals surface area contributed by atoms with Crippen molar-refractivity contribution >= 4 is 21.7 Å². The van der Waals surface area contributed by atoms with Crippen LogP contribution in [-0.4, -0.2) is 25.0 Å². The third-order valence-electron chi connectivity index (χ3n) is 1.78. The summed E-state index contributed by atoms with van der Waals surface area (Å²) in [7, 11) is 1.61. The molecule has 5 heteroatoms. The first-order valence-electron chi connectivity index (χ1n) is 4.14. The number of halogens is 3. The molecule has 0 saturated heterocycles. The molecule has 0 radical (unpaired) electrons. The summed E-state index contributed by atoms with van der Waals surface area (Å²) in [6.45, 7) is -0.295. The highest BCUT2D eigenvalue weighted by Gasteiger charge is 2.12. The molecule has 0 saturated carbocycles. The van der Waals surface area contributed by atoms with Gasteiger partial charge in [0.05, 0.1) is 6.54 Å². The minimum absolute atomic E-state index is 0.295. The molecule has 0 atom stereocenters. The summed E-state index contributed by atoms with van der Waals surface area (Å²) in [4.78, 5) is 5.52. The van der Waals surface area contributed by atoms with Gasteiger partial charge in [-0.15, -0.1) is 0 Å². The number of rotatable bonds is 4. The summed E-state index contributed by atoms with van der Waals surface area (Å²) in [6, 6.07) is 3.65. The fourth-order valence-corrected chi connectivity index (χ4v) is 1.61. The van der Waals surface area contributed by atoms with E-state index in [-0.39, 0.29) is 6.54 Å². The molecule has 0 aliphatic carbocycles. The Balaban J connectivity index is 2.82. The quantitative estimate of drug-likeness (QED) is 0.778. The molecular formula is C9H11BrF2N2. The fourth-order valence-electron chi connectivity index (χ4n) is 1.17. The van der Waals surface area contributed by atoms with Crippen LogP contribution >= 0.6 is 15.9 Å². The summed E-state index contributed by atoms with van der Waals surface area (Å²) in [5, 5.41) is 0.615. The number of hydrogen-bond acceptors (Lipinski definition) is 2. The van der Waals surface area contributed by atoms with Crippen LogP contribution < -0.4 is 4.90 Å². The van der Waals surface area contributed by atoms with E-state index in [9.17, 15) is 8.78 Å². The Bertz CT molecular complexity index is 294. The zero-order chi connectivity index (χ0) is 10.6. The lowest BCUT2D eigenvalue weighted by Gasteiger charge is -2.19. The van der Waals surface area contributed by atoms with Crippen LogP contribution in [0.15, 0.2) is 18.3 Å². The van der Waals surface area contributed by atoms with Gasteiger partial charge >= 0.3 is 0 Å². The van der Waals surface area contributed by atoms with Gasteiger partial charge in [-0.05, 0) is 6.07 Å². The van der Waals surface area contributed by atoms with Crippen molar-refractivity contribution in [3.8, 4) is 0 Å². The molecule has 0 unspecified atom stereocenters. The van der Waals surface area contributed by atoms with Crippen LogP contribution in [-0.2, 0) is 5.33 Å². The second-order valence-electron chi connectivity index (χ2n) is 2.89. The van der Waals surface area contributed by atoms with Gasteiger partial charge in [0.15, 0.2) is 0 Å². The molecule has 1 heterocycles. The van der Waals surface area contributed by atoms with E-state index >= 15 is 0 Å². The van der Waals surface area contributed by atoms with Gasteiger partial charge in [-0.3, -0.25) is 0 Å². The van der Waals surface area contributed by atoms with Gasteiger partial charge in [-0.2, -0.15) is 0 Å². The van der Waals surface area contributed by atoms with Gasteiger partial charge < -0.3 is 4.90 Å². The van der Waals surface area contributed by atoms with E-state index in [4.69, 9.17) is 0 Å². The molecule has 1 aromatic heterocycles. The van der Waals surface area contributed by atoms with Crippen molar-refractivity contribution in [2.24, 2.45) is 0 Å². The van der Waals surface area contributed by atoms with Gasteiger partial charge in [0.2, 0.25) is 0 Å². The maximum atomic E-state index is 12.1. The predicted molar refractivity (Wildman–Crippen MR) is 56.1 cm³/mol. The van der Waals surface area contributed by atoms with E-state index in [0.717, 1.165) is 5.56 Å². The summed E-state index contributed by atoms with van der Waals surface area (Å²) in [5.41, 5.74) is 0.913.